The normalized spacial score (nSPS) is 17.3. The largest absolute Gasteiger partial charge is 0.494 e. The maximum Gasteiger partial charge on any atom is 0.494 e. The SMILES string of the molecule is C[C@H](NC(=O)c1nc(C#N)cnc1N[C@H](C)c1ccc(B2OC(C)(C)C(C)(C)O2)cc1)c1ccc(F)c(F)c1. The zero-order chi connectivity index (χ0) is 28.5. The molecule has 2 aromatic carbocycles. The smallest absolute Gasteiger partial charge is 0.399 e. The van der Waals surface area contributed by atoms with Crippen LogP contribution in [0.2, 0.25) is 0 Å². The maximum absolute atomic E-state index is 13.7. The lowest BCUT2D eigenvalue weighted by Crippen LogP contribution is -2.41. The average molecular weight is 533 g/mol. The van der Waals surface area contributed by atoms with Gasteiger partial charge in [0.1, 0.15) is 6.07 Å². The Morgan fingerprint density at radius 1 is 0.974 bits per heavy atom. The standard InChI is InChI=1S/C28H30BF2N5O3/c1-16(18-7-10-20(11-8-18)29-38-27(3,4)28(5,6)39-29)34-25-24(36-21(14-32)15-33-25)26(37)35-17(2)19-9-12-22(30)23(31)13-19/h7-13,15-17H,1-6H3,(H,33,34)(H,35,37)/t16-,17+/m1/s1. The topological polar surface area (TPSA) is 109 Å². The molecule has 8 nitrogen and oxygen atoms in total. The van der Waals surface area contributed by atoms with Crippen LogP contribution in [0.25, 0.3) is 0 Å². The van der Waals surface area contributed by atoms with Crippen molar-refractivity contribution in [2.45, 2.75) is 64.8 Å². The molecule has 1 aliphatic rings. The number of halogens is 2. The first-order valence-corrected chi connectivity index (χ1v) is 12.6. The fourth-order valence-electron chi connectivity index (χ4n) is 4.05. The molecule has 0 saturated carbocycles. The number of hydrogen-bond acceptors (Lipinski definition) is 7. The van der Waals surface area contributed by atoms with Crippen LogP contribution in [-0.2, 0) is 9.31 Å². The highest BCUT2D eigenvalue weighted by Gasteiger charge is 2.51. The molecular formula is C28H30BF2N5O3. The first-order chi connectivity index (χ1) is 18.3. The Kier molecular flexibility index (Phi) is 7.73. The molecule has 0 radical (unpaired) electrons. The molecule has 0 spiro atoms. The van der Waals surface area contributed by atoms with E-state index in [1.54, 1.807) is 6.92 Å². The zero-order valence-electron chi connectivity index (χ0n) is 22.7. The quantitative estimate of drug-likeness (QED) is 0.428. The number of carbonyl (C=O) groups is 1. The van der Waals surface area contributed by atoms with Gasteiger partial charge in [-0.15, -0.1) is 0 Å². The summed E-state index contributed by atoms with van der Waals surface area (Å²) in [6, 6.07) is 12.1. The van der Waals surface area contributed by atoms with Gasteiger partial charge in [-0.1, -0.05) is 30.3 Å². The van der Waals surface area contributed by atoms with E-state index in [1.807, 2.05) is 65.0 Å². The molecular weight excluding hydrogens is 503 g/mol. The fourth-order valence-corrected chi connectivity index (χ4v) is 4.05. The van der Waals surface area contributed by atoms with Gasteiger partial charge in [-0.3, -0.25) is 4.79 Å². The van der Waals surface area contributed by atoms with Gasteiger partial charge in [0.25, 0.3) is 5.91 Å². The first-order valence-electron chi connectivity index (χ1n) is 12.6. The van der Waals surface area contributed by atoms with Crippen molar-refractivity contribution in [2.24, 2.45) is 0 Å². The van der Waals surface area contributed by atoms with Gasteiger partial charge < -0.3 is 19.9 Å². The van der Waals surface area contributed by atoms with Crippen LogP contribution in [0.3, 0.4) is 0 Å². The van der Waals surface area contributed by atoms with Gasteiger partial charge in [-0.25, -0.2) is 18.7 Å². The monoisotopic (exact) mass is 533 g/mol. The molecule has 3 aromatic rings. The van der Waals surface area contributed by atoms with Gasteiger partial charge in [-0.2, -0.15) is 5.26 Å². The van der Waals surface area contributed by atoms with Crippen molar-refractivity contribution >= 4 is 24.3 Å². The second-order valence-corrected chi connectivity index (χ2v) is 10.6. The number of nitrogens with one attached hydrogen (secondary N) is 2. The number of nitriles is 1. The minimum absolute atomic E-state index is 0.0365. The van der Waals surface area contributed by atoms with Crippen LogP contribution in [-0.4, -0.2) is 34.2 Å². The Bertz CT molecular complexity index is 1410. The molecule has 1 aliphatic heterocycles. The summed E-state index contributed by atoms with van der Waals surface area (Å²) >= 11 is 0. The molecule has 202 valence electrons. The van der Waals surface area contributed by atoms with Crippen molar-refractivity contribution < 1.29 is 22.9 Å². The highest BCUT2D eigenvalue weighted by molar-refractivity contribution is 6.62. The van der Waals surface area contributed by atoms with E-state index in [0.717, 1.165) is 23.2 Å². The average Bonchev–Trinajstić information content (AvgIpc) is 3.12. The third kappa shape index (κ3) is 5.92. The summed E-state index contributed by atoms with van der Waals surface area (Å²) in [6.07, 6.45) is 1.27. The van der Waals surface area contributed by atoms with E-state index in [1.165, 1.54) is 12.3 Å². The molecule has 2 N–H and O–H groups in total. The second kappa shape index (κ2) is 10.7. The number of carbonyl (C=O) groups excluding carboxylic acids is 1. The predicted octanol–water partition coefficient (Wildman–Crippen LogP) is 4.59. The lowest BCUT2D eigenvalue weighted by Gasteiger charge is -2.32. The van der Waals surface area contributed by atoms with E-state index in [4.69, 9.17) is 9.31 Å². The number of aromatic nitrogens is 2. The summed E-state index contributed by atoms with van der Waals surface area (Å²) in [5.41, 5.74) is 1.14. The van der Waals surface area contributed by atoms with Crippen LogP contribution in [0.15, 0.2) is 48.7 Å². The van der Waals surface area contributed by atoms with Crippen molar-refractivity contribution in [1.29, 1.82) is 5.26 Å². The van der Waals surface area contributed by atoms with Crippen LogP contribution in [0.5, 0.6) is 0 Å². The van der Waals surface area contributed by atoms with E-state index in [2.05, 4.69) is 20.6 Å². The number of rotatable bonds is 7. The van der Waals surface area contributed by atoms with Gasteiger partial charge in [0, 0.05) is 0 Å². The molecule has 2 atom stereocenters. The van der Waals surface area contributed by atoms with Crippen LogP contribution < -0.4 is 16.1 Å². The molecule has 1 aromatic heterocycles. The third-order valence-electron chi connectivity index (χ3n) is 7.21. The van der Waals surface area contributed by atoms with E-state index >= 15 is 0 Å². The van der Waals surface area contributed by atoms with E-state index in [-0.39, 0.29) is 23.2 Å². The Labute approximate surface area is 226 Å². The molecule has 2 heterocycles. The summed E-state index contributed by atoms with van der Waals surface area (Å²) in [7, 11) is -0.483. The van der Waals surface area contributed by atoms with Crippen molar-refractivity contribution in [3.05, 3.63) is 82.8 Å². The number of hydrogen-bond donors (Lipinski definition) is 2. The lowest BCUT2D eigenvalue weighted by molar-refractivity contribution is 0.00578. The van der Waals surface area contributed by atoms with Gasteiger partial charge in [0.2, 0.25) is 0 Å². The zero-order valence-corrected chi connectivity index (χ0v) is 22.7. The van der Waals surface area contributed by atoms with Crippen molar-refractivity contribution in [3.63, 3.8) is 0 Å². The number of benzene rings is 2. The van der Waals surface area contributed by atoms with E-state index < -0.39 is 41.9 Å². The van der Waals surface area contributed by atoms with Gasteiger partial charge in [-0.05, 0) is 70.3 Å². The minimum atomic E-state index is -1.01. The Hall–Kier alpha value is -3.88. The Morgan fingerprint density at radius 3 is 2.18 bits per heavy atom. The molecule has 39 heavy (non-hydrogen) atoms. The first kappa shape index (κ1) is 28.1. The Morgan fingerprint density at radius 2 is 1.59 bits per heavy atom. The van der Waals surface area contributed by atoms with Gasteiger partial charge >= 0.3 is 7.12 Å². The van der Waals surface area contributed by atoms with Crippen LogP contribution >= 0.6 is 0 Å². The van der Waals surface area contributed by atoms with Crippen LogP contribution in [0.4, 0.5) is 14.6 Å². The molecule has 1 saturated heterocycles. The second-order valence-electron chi connectivity index (χ2n) is 10.6. The van der Waals surface area contributed by atoms with E-state index in [9.17, 15) is 18.8 Å². The Balaban J connectivity index is 1.50. The highest BCUT2D eigenvalue weighted by atomic mass is 19.2. The summed E-state index contributed by atoms with van der Waals surface area (Å²) in [5, 5.41) is 15.2. The molecule has 1 amide bonds. The molecule has 0 aliphatic carbocycles. The predicted molar refractivity (Wildman–Crippen MR) is 143 cm³/mol. The lowest BCUT2D eigenvalue weighted by atomic mass is 9.78. The maximum atomic E-state index is 13.7. The van der Waals surface area contributed by atoms with Crippen molar-refractivity contribution in [3.8, 4) is 6.07 Å². The molecule has 11 heteroatoms. The van der Waals surface area contributed by atoms with Crippen molar-refractivity contribution in [2.75, 3.05) is 5.32 Å². The van der Waals surface area contributed by atoms with Crippen LogP contribution in [0, 0.1) is 23.0 Å². The number of amides is 1. The van der Waals surface area contributed by atoms with Crippen molar-refractivity contribution in [1.82, 2.24) is 15.3 Å². The summed E-state index contributed by atoms with van der Waals surface area (Å²) in [6.45, 7) is 11.5. The molecule has 0 unspecified atom stereocenters. The third-order valence-corrected chi connectivity index (χ3v) is 7.21. The van der Waals surface area contributed by atoms with E-state index in [0.29, 0.717) is 5.56 Å². The minimum Gasteiger partial charge on any atom is -0.399 e. The summed E-state index contributed by atoms with van der Waals surface area (Å²) in [4.78, 5) is 21.5. The molecule has 0 bridgehead atoms. The summed E-state index contributed by atoms with van der Waals surface area (Å²) in [5.74, 6) is -2.44. The number of nitrogens with zero attached hydrogens (tertiary/aromatic N) is 3. The molecule has 1 fully saturated rings. The van der Waals surface area contributed by atoms with Gasteiger partial charge in [0.05, 0.1) is 29.5 Å². The van der Waals surface area contributed by atoms with Gasteiger partial charge in [0.15, 0.2) is 28.8 Å². The van der Waals surface area contributed by atoms with Crippen LogP contribution in [0.1, 0.15) is 80.9 Å². The summed E-state index contributed by atoms with van der Waals surface area (Å²) < 4.78 is 39.2. The highest BCUT2D eigenvalue weighted by Crippen LogP contribution is 2.36. The molecule has 4 rings (SSSR count). The number of anilines is 1. The fraction of sp³-hybridized carbons (Fsp3) is 0.357.